The summed E-state index contributed by atoms with van der Waals surface area (Å²) in [6.45, 7) is 0.185. The number of nitrogens with zero attached hydrogens (tertiary/aromatic N) is 3. The molecule has 2 aromatic rings. The van der Waals surface area contributed by atoms with Crippen LogP contribution in [-0.2, 0) is 27.2 Å². The Balaban J connectivity index is 1.51. The van der Waals surface area contributed by atoms with Crippen LogP contribution in [0.4, 0.5) is 5.69 Å². The van der Waals surface area contributed by atoms with Gasteiger partial charge in [-0.25, -0.2) is 14.8 Å². The molecule has 1 unspecified atom stereocenters. The Morgan fingerprint density at radius 3 is 2.97 bits per heavy atom. The number of benzene rings is 1. The second kappa shape index (κ2) is 7.99. The van der Waals surface area contributed by atoms with E-state index in [2.05, 4.69) is 26.5 Å². The average molecular weight is 434 g/mol. The van der Waals surface area contributed by atoms with E-state index in [0.29, 0.717) is 12.5 Å². The number of methoxy groups -OCH3 is 1. The Bertz CT molecular complexity index is 1170. The molecule has 0 amide bonds. The third-order valence-electron chi connectivity index (χ3n) is 5.85. The van der Waals surface area contributed by atoms with Gasteiger partial charge in [0.2, 0.25) is 5.88 Å². The zero-order valence-electron chi connectivity index (χ0n) is 17.5. The van der Waals surface area contributed by atoms with Gasteiger partial charge in [-0.2, -0.15) is 0 Å². The largest absolute Gasteiger partial charge is 0.481 e. The first-order valence-corrected chi connectivity index (χ1v) is 10.4. The number of fused-ring (bicyclic) bond motifs is 1. The summed E-state index contributed by atoms with van der Waals surface area (Å²) in [5.74, 6) is -0.667. The summed E-state index contributed by atoms with van der Waals surface area (Å²) in [4.78, 5) is 25.8. The Kier molecular flexibility index (Phi) is 5.01. The highest BCUT2D eigenvalue weighted by atomic mass is 16.6. The molecule has 0 fully saturated rings. The number of pyridine rings is 1. The molecule has 1 aromatic heterocycles. The molecular weight excluding hydrogens is 412 g/mol. The number of hydrogen-bond donors (Lipinski definition) is 2. The Morgan fingerprint density at radius 2 is 2.19 bits per heavy atom. The highest BCUT2D eigenvalue weighted by molar-refractivity contribution is 6.18. The van der Waals surface area contributed by atoms with Gasteiger partial charge in [-0.3, -0.25) is 0 Å². The maximum Gasteiger partial charge on any atom is 0.356 e. The summed E-state index contributed by atoms with van der Waals surface area (Å²) in [5.41, 5.74) is 3.59. The highest BCUT2D eigenvalue weighted by Gasteiger charge is 2.51. The Labute approximate surface area is 184 Å². The van der Waals surface area contributed by atoms with E-state index in [9.17, 15) is 9.90 Å². The van der Waals surface area contributed by atoms with Gasteiger partial charge in [0.25, 0.3) is 11.6 Å². The molecule has 0 spiro atoms. The molecule has 9 heteroatoms. The monoisotopic (exact) mass is 434 g/mol. The first-order chi connectivity index (χ1) is 15.6. The lowest BCUT2D eigenvalue weighted by molar-refractivity contribution is -0.148. The van der Waals surface area contributed by atoms with E-state index < -0.39 is 11.6 Å². The number of oxime groups is 1. The molecule has 3 aliphatic rings. The van der Waals surface area contributed by atoms with Gasteiger partial charge in [0.1, 0.15) is 18.9 Å². The lowest BCUT2D eigenvalue weighted by Crippen LogP contribution is -2.50. The SMILES string of the molecule is COc1cc(-c2ccc3c(c2NC2=NCC(C(=O)O)(C4=NOCC=C4)O2)CCC3)ccn1. The number of rotatable bonds is 5. The molecule has 2 aliphatic heterocycles. The molecule has 0 saturated carbocycles. The van der Waals surface area contributed by atoms with Crippen LogP contribution in [0.1, 0.15) is 17.5 Å². The standard InChI is InChI=1S/C23H22N4O5/c1-30-19-12-15(9-10-24-19)17-8-7-14-4-2-5-16(14)20(17)26-22-25-13-23(32-22,21(28)29)18-6-3-11-31-27-18/h3,6-10,12H,2,4-5,11,13H2,1H3,(H,25,26)(H,28,29). The van der Waals surface area contributed by atoms with E-state index in [1.54, 1.807) is 25.5 Å². The number of carboxylic acid groups (broad SMARTS) is 1. The lowest BCUT2D eigenvalue weighted by atomic mass is 9.97. The second-order valence-corrected chi connectivity index (χ2v) is 7.72. The van der Waals surface area contributed by atoms with Crippen molar-refractivity contribution in [2.45, 2.75) is 24.9 Å². The van der Waals surface area contributed by atoms with Gasteiger partial charge < -0.3 is 24.7 Å². The number of amidine groups is 1. The van der Waals surface area contributed by atoms with Crippen LogP contribution >= 0.6 is 0 Å². The van der Waals surface area contributed by atoms with Crippen molar-refractivity contribution < 1.29 is 24.2 Å². The first kappa shape index (κ1) is 20.0. The topological polar surface area (TPSA) is 115 Å². The van der Waals surface area contributed by atoms with Crippen molar-refractivity contribution in [2.24, 2.45) is 10.1 Å². The number of anilines is 1. The van der Waals surface area contributed by atoms with Crippen LogP contribution in [0.25, 0.3) is 11.1 Å². The zero-order valence-corrected chi connectivity index (χ0v) is 17.5. The van der Waals surface area contributed by atoms with Crippen LogP contribution in [0.2, 0.25) is 0 Å². The van der Waals surface area contributed by atoms with Crippen molar-refractivity contribution in [3.05, 3.63) is 53.7 Å². The van der Waals surface area contributed by atoms with Gasteiger partial charge in [0.05, 0.1) is 12.8 Å². The molecule has 9 nitrogen and oxygen atoms in total. The van der Waals surface area contributed by atoms with Crippen molar-refractivity contribution >= 4 is 23.4 Å². The molecule has 3 heterocycles. The maximum absolute atomic E-state index is 12.1. The molecule has 0 saturated heterocycles. The number of ether oxygens (including phenoxy) is 2. The number of carbonyl (C=O) groups is 1. The Morgan fingerprint density at radius 1 is 1.28 bits per heavy atom. The summed E-state index contributed by atoms with van der Waals surface area (Å²) in [6, 6.07) is 8.08. The minimum absolute atomic E-state index is 0.107. The van der Waals surface area contributed by atoms with Crippen molar-refractivity contribution in [2.75, 3.05) is 25.6 Å². The number of aliphatic imine (C=N–C) groups is 1. The molecule has 1 aromatic carbocycles. The molecule has 5 rings (SSSR count). The van der Waals surface area contributed by atoms with Crippen LogP contribution in [0, 0.1) is 0 Å². The van der Waals surface area contributed by atoms with Gasteiger partial charge in [-0.15, -0.1) is 0 Å². The van der Waals surface area contributed by atoms with Gasteiger partial charge >= 0.3 is 5.97 Å². The number of aliphatic carboxylic acids is 1. The fourth-order valence-electron chi connectivity index (χ4n) is 4.23. The van der Waals surface area contributed by atoms with Crippen molar-refractivity contribution in [3.63, 3.8) is 0 Å². The number of aryl methyl sites for hydroxylation is 1. The third-order valence-corrected chi connectivity index (χ3v) is 5.85. The van der Waals surface area contributed by atoms with E-state index in [-0.39, 0.29) is 18.3 Å². The quantitative estimate of drug-likeness (QED) is 0.744. The molecule has 164 valence electrons. The predicted molar refractivity (Wildman–Crippen MR) is 118 cm³/mol. The summed E-state index contributed by atoms with van der Waals surface area (Å²) in [5, 5.41) is 17.1. The second-order valence-electron chi connectivity index (χ2n) is 7.72. The minimum atomic E-state index is -1.72. The predicted octanol–water partition coefficient (Wildman–Crippen LogP) is 2.81. The van der Waals surface area contributed by atoms with Gasteiger partial charge in [-0.05, 0) is 54.2 Å². The van der Waals surface area contributed by atoms with E-state index >= 15 is 0 Å². The van der Waals surface area contributed by atoms with E-state index in [1.807, 2.05) is 18.2 Å². The van der Waals surface area contributed by atoms with Crippen LogP contribution in [0.15, 0.2) is 52.8 Å². The summed E-state index contributed by atoms with van der Waals surface area (Å²) in [6.07, 6.45) is 7.95. The molecule has 1 atom stereocenters. The number of aromatic nitrogens is 1. The van der Waals surface area contributed by atoms with E-state index in [0.717, 1.165) is 36.1 Å². The summed E-state index contributed by atoms with van der Waals surface area (Å²) in [7, 11) is 1.58. The van der Waals surface area contributed by atoms with Crippen molar-refractivity contribution in [1.82, 2.24) is 4.98 Å². The molecular formula is C23H22N4O5. The van der Waals surface area contributed by atoms with Crippen LogP contribution < -0.4 is 10.1 Å². The van der Waals surface area contributed by atoms with Crippen LogP contribution in [-0.4, -0.2) is 53.7 Å². The van der Waals surface area contributed by atoms with Gasteiger partial charge in [0.15, 0.2) is 0 Å². The Hall–Kier alpha value is -3.88. The summed E-state index contributed by atoms with van der Waals surface area (Å²) < 4.78 is 11.2. The molecule has 2 N–H and O–H groups in total. The molecule has 0 radical (unpaired) electrons. The summed E-state index contributed by atoms with van der Waals surface area (Å²) >= 11 is 0. The smallest absolute Gasteiger partial charge is 0.356 e. The maximum atomic E-state index is 12.1. The normalized spacial score (nSPS) is 21.2. The van der Waals surface area contributed by atoms with Gasteiger partial charge in [0, 0.05) is 17.8 Å². The van der Waals surface area contributed by atoms with Gasteiger partial charge in [-0.1, -0.05) is 17.3 Å². The van der Waals surface area contributed by atoms with Crippen LogP contribution in [0.3, 0.4) is 0 Å². The van der Waals surface area contributed by atoms with Crippen LogP contribution in [0.5, 0.6) is 5.88 Å². The van der Waals surface area contributed by atoms with E-state index in [4.69, 9.17) is 14.3 Å². The third kappa shape index (κ3) is 3.35. The van der Waals surface area contributed by atoms with Crippen molar-refractivity contribution in [1.29, 1.82) is 0 Å². The first-order valence-electron chi connectivity index (χ1n) is 10.4. The lowest BCUT2D eigenvalue weighted by Gasteiger charge is -2.25. The van der Waals surface area contributed by atoms with Crippen molar-refractivity contribution in [3.8, 4) is 17.0 Å². The molecule has 32 heavy (non-hydrogen) atoms. The number of nitrogens with one attached hydrogen (secondary N) is 1. The molecule has 1 aliphatic carbocycles. The number of carboxylic acids is 1. The fourth-order valence-corrected chi connectivity index (χ4v) is 4.23. The number of hydrogen-bond acceptors (Lipinski definition) is 8. The zero-order chi connectivity index (χ0) is 22.1. The average Bonchev–Trinajstić information content (AvgIpc) is 3.48. The minimum Gasteiger partial charge on any atom is -0.481 e. The fraction of sp³-hybridized carbons (Fsp3) is 0.304. The molecule has 0 bridgehead atoms. The highest BCUT2D eigenvalue weighted by Crippen LogP contribution is 2.39. The van der Waals surface area contributed by atoms with E-state index in [1.165, 1.54) is 11.1 Å².